The molecule has 0 amide bonds. The zero-order valence-corrected chi connectivity index (χ0v) is 9.89. The molecule has 2 N–H and O–H groups in total. The van der Waals surface area contributed by atoms with Gasteiger partial charge in [0.05, 0.1) is 12.2 Å². The lowest BCUT2D eigenvalue weighted by Crippen LogP contribution is -2.36. The average molecular weight is 212 g/mol. The van der Waals surface area contributed by atoms with Gasteiger partial charge in [-0.05, 0) is 37.0 Å². The third kappa shape index (κ3) is 1.94. The van der Waals surface area contributed by atoms with Gasteiger partial charge in [0.15, 0.2) is 0 Å². The summed E-state index contributed by atoms with van der Waals surface area (Å²) in [4.78, 5) is 0. The molecule has 0 spiro atoms. The molecule has 0 heterocycles. The summed E-state index contributed by atoms with van der Waals surface area (Å²) in [7, 11) is 0. The van der Waals surface area contributed by atoms with Crippen molar-refractivity contribution in [3.63, 3.8) is 0 Å². The highest BCUT2D eigenvalue weighted by Crippen LogP contribution is 2.46. The van der Waals surface area contributed by atoms with Crippen molar-refractivity contribution in [3.8, 4) is 0 Å². The van der Waals surface area contributed by atoms with E-state index < -0.39 is 0 Å². The maximum absolute atomic E-state index is 10.3. The van der Waals surface area contributed by atoms with Gasteiger partial charge >= 0.3 is 0 Å². The lowest BCUT2D eigenvalue weighted by Gasteiger charge is -2.28. The Labute approximate surface area is 92.7 Å². The number of rotatable bonds is 1. The van der Waals surface area contributed by atoms with Crippen LogP contribution in [0.3, 0.4) is 0 Å². The molecule has 4 unspecified atom stereocenters. The van der Waals surface area contributed by atoms with Crippen LogP contribution in [0.25, 0.3) is 0 Å². The summed E-state index contributed by atoms with van der Waals surface area (Å²) >= 11 is 0. The van der Waals surface area contributed by atoms with Crippen LogP contribution < -0.4 is 0 Å². The number of hydrogen-bond donors (Lipinski definition) is 2. The van der Waals surface area contributed by atoms with E-state index in [0.717, 1.165) is 19.3 Å². The van der Waals surface area contributed by atoms with E-state index in [0.29, 0.717) is 17.8 Å². The number of aliphatic hydroxyl groups is 2. The van der Waals surface area contributed by atoms with E-state index >= 15 is 0 Å². The second-order valence-electron chi connectivity index (χ2n) is 5.63. The van der Waals surface area contributed by atoms with E-state index in [1.807, 2.05) is 0 Å². The average Bonchev–Trinajstić information content (AvgIpc) is 2.46. The Bertz CT molecular complexity index is 217. The molecule has 0 bridgehead atoms. The Hall–Kier alpha value is -0.0800. The topological polar surface area (TPSA) is 40.5 Å². The van der Waals surface area contributed by atoms with Gasteiger partial charge in [0.2, 0.25) is 0 Å². The first kappa shape index (κ1) is 11.4. The van der Waals surface area contributed by atoms with Gasteiger partial charge in [-0.15, -0.1) is 0 Å². The normalized spacial score (nSPS) is 51.2. The highest BCUT2D eigenvalue weighted by atomic mass is 16.3. The van der Waals surface area contributed by atoms with Crippen LogP contribution in [0.15, 0.2) is 0 Å². The van der Waals surface area contributed by atoms with Gasteiger partial charge in [-0.2, -0.15) is 0 Å². The second-order valence-corrected chi connectivity index (χ2v) is 5.63. The zero-order chi connectivity index (χ0) is 11.0. The first-order valence-electron chi connectivity index (χ1n) is 6.51. The van der Waals surface area contributed by atoms with Crippen molar-refractivity contribution in [2.24, 2.45) is 23.7 Å². The minimum absolute atomic E-state index is 0.160. The highest BCUT2D eigenvalue weighted by Gasteiger charge is 2.46. The van der Waals surface area contributed by atoms with Crippen molar-refractivity contribution >= 4 is 0 Å². The summed E-state index contributed by atoms with van der Waals surface area (Å²) in [5, 5.41) is 20.5. The van der Waals surface area contributed by atoms with Gasteiger partial charge in [0, 0.05) is 5.92 Å². The molecule has 15 heavy (non-hydrogen) atoms. The molecule has 0 saturated heterocycles. The standard InChI is InChI=1S/C13H24O2/c1-3-9-7-10-6-4-5-8(2)12(14)11(10)13(9)15/h8-15H,3-7H2,1-2H3/t8-,9+,10?,11?,12?,13?/m0/s1. The molecular weight excluding hydrogens is 188 g/mol. The molecular formula is C13H24O2. The molecule has 0 aromatic heterocycles. The summed E-state index contributed by atoms with van der Waals surface area (Å²) in [6.07, 6.45) is 5.21. The molecule has 0 aromatic rings. The van der Waals surface area contributed by atoms with Crippen LogP contribution in [-0.4, -0.2) is 22.4 Å². The van der Waals surface area contributed by atoms with Gasteiger partial charge in [-0.1, -0.05) is 26.7 Å². The first-order chi connectivity index (χ1) is 7.15. The fourth-order valence-corrected chi connectivity index (χ4v) is 3.73. The van der Waals surface area contributed by atoms with Crippen molar-refractivity contribution in [2.75, 3.05) is 0 Å². The minimum atomic E-state index is -0.274. The molecule has 0 aromatic carbocycles. The molecule has 0 aliphatic heterocycles. The molecule has 88 valence electrons. The largest absolute Gasteiger partial charge is 0.392 e. The fourth-order valence-electron chi connectivity index (χ4n) is 3.73. The predicted molar refractivity (Wildman–Crippen MR) is 60.4 cm³/mol. The van der Waals surface area contributed by atoms with Crippen LogP contribution in [0.4, 0.5) is 0 Å². The van der Waals surface area contributed by atoms with Gasteiger partial charge in [-0.3, -0.25) is 0 Å². The van der Waals surface area contributed by atoms with Crippen molar-refractivity contribution in [3.05, 3.63) is 0 Å². The third-order valence-electron chi connectivity index (χ3n) is 4.76. The van der Waals surface area contributed by atoms with E-state index in [9.17, 15) is 10.2 Å². The maximum atomic E-state index is 10.3. The monoisotopic (exact) mass is 212 g/mol. The fraction of sp³-hybridized carbons (Fsp3) is 1.00. The summed E-state index contributed by atoms with van der Waals surface area (Å²) < 4.78 is 0. The molecule has 2 rings (SSSR count). The second kappa shape index (κ2) is 4.42. The van der Waals surface area contributed by atoms with E-state index in [2.05, 4.69) is 13.8 Å². The molecule has 2 heteroatoms. The molecule has 2 nitrogen and oxygen atoms in total. The molecule has 0 radical (unpaired) electrons. The Morgan fingerprint density at radius 2 is 1.87 bits per heavy atom. The van der Waals surface area contributed by atoms with Crippen LogP contribution >= 0.6 is 0 Å². The van der Waals surface area contributed by atoms with E-state index in [1.165, 1.54) is 12.8 Å². The maximum Gasteiger partial charge on any atom is 0.0623 e. The van der Waals surface area contributed by atoms with Gasteiger partial charge < -0.3 is 10.2 Å². The van der Waals surface area contributed by atoms with Crippen LogP contribution in [0.5, 0.6) is 0 Å². The molecule has 2 aliphatic carbocycles. The van der Waals surface area contributed by atoms with E-state index in [1.54, 1.807) is 0 Å². The Kier molecular flexibility index (Phi) is 3.36. The Morgan fingerprint density at radius 3 is 2.53 bits per heavy atom. The summed E-state index contributed by atoms with van der Waals surface area (Å²) in [6.45, 7) is 4.27. The van der Waals surface area contributed by atoms with Crippen LogP contribution in [-0.2, 0) is 0 Å². The van der Waals surface area contributed by atoms with Crippen molar-refractivity contribution in [1.82, 2.24) is 0 Å². The SMILES string of the molecule is CC[C@@H]1CC2CCC[C@H](C)C(O)C2C1O. The highest BCUT2D eigenvalue weighted by molar-refractivity contribution is 4.96. The molecule has 2 fully saturated rings. The Balaban J connectivity index is 2.15. The van der Waals surface area contributed by atoms with Crippen LogP contribution in [0, 0.1) is 23.7 Å². The predicted octanol–water partition coefficient (Wildman–Crippen LogP) is 2.19. The lowest BCUT2D eigenvalue weighted by molar-refractivity contribution is -0.0210. The van der Waals surface area contributed by atoms with Crippen LogP contribution in [0.1, 0.15) is 46.0 Å². The summed E-state index contributed by atoms with van der Waals surface area (Å²) in [6, 6.07) is 0. The molecule has 2 saturated carbocycles. The summed E-state index contributed by atoms with van der Waals surface area (Å²) in [5.41, 5.74) is 0. The lowest BCUT2D eigenvalue weighted by atomic mass is 9.84. The van der Waals surface area contributed by atoms with Gasteiger partial charge in [-0.25, -0.2) is 0 Å². The third-order valence-corrected chi connectivity index (χ3v) is 4.76. The molecule has 6 atom stereocenters. The van der Waals surface area contributed by atoms with Gasteiger partial charge in [0.1, 0.15) is 0 Å². The number of fused-ring (bicyclic) bond motifs is 1. The van der Waals surface area contributed by atoms with Gasteiger partial charge in [0.25, 0.3) is 0 Å². The quantitative estimate of drug-likeness (QED) is 0.699. The minimum Gasteiger partial charge on any atom is -0.392 e. The van der Waals surface area contributed by atoms with E-state index in [4.69, 9.17) is 0 Å². The van der Waals surface area contributed by atoms with Crippen molar-refractivity contribution in [2.45, 2.75) is 58.2 Å². The number of aliphatic hydroxyl groups excluding tert-OH is 2. The van der Waals surface area contributed by atoms with E-state index in [-0.39, 0.29) is 18.1 Å². The summed E-state index contributed by atoms with van der Waals surface area (Å²) in [5.74, 6) is 1.53. The van der Waals surface area contributed by atoms with Crippen LogP contribution in [0.2, 0.25) is 0 Å². The van der Waals surface area contributed by atoms with Crippen molar-refractivity contribution in [1.29, 1.82) is 0 Å². The van der Waals surface area contributed by atoms with Crippen molar-refractivity contribution < 1.29 is 10.2 Å². The molecule has 2 aliphatic rings. The Morgan fingerprint density at radius 1 is 1.13 bits per heavy atom. The first-order valence-corrected chi connectivity index (χ1v) is 6.51. The smallest absolute Gasteiger partial charge is 0.0623 e. The zero-order valence-electron chi connectivity index (χ0n) is 9.89. The number of hydrogen-bond acceptors (Lipinski definition) is 2.